The molecular formula is C26H16N2S. The Kier molecular flexibility index (Phi) is 3.68. The minimum absolute atomic E-state index is 0.769. The van der Waals surface area contributed by atoms with Gasteiger partial charge in [0.1, 0.15) is 0 Å². The monoisotopic (exact) mass is 388 g/mol. The van der Waals surface area contributed by atoms with E-state index in [0.29, 0.717) is 0 Å². The second kappa shape index (κ2) is 6.50. The minimum Gasteiger partial charge on any atom is -0.226 e. The van der Waals surface area contributed by atoms with Crippen molar-refractivity contribution in [2.24, 2.45) is 0 Å². The van der Waals surface area contributed by atoms with Crippen LogP contribution in [0.4, 0.5) is 0 Å². The maximum Gasteiger partial charge on any atom is 0.160 e. The van der Waals surface area contributed by atoms with Crippen molar-refractivity contribution in [1.29, 1.82) is 0 Å². The molecule has 4 aromatic carbocycles. The molecule has 2 aromatic heterocycles. The van der Waals surface area contributed by atoms with Gasteiger partial charge in [-0.1, -0.05) is 84.9 Å². The van der Waals surface area contributed by atoms with Gasteiger partial charge in [0.25, 0.3) is 0 Å². The number of hydrogen-bond donors (Lipinski definition) is 0. The lowest BCUT2D eigenvalue weighted by Gasteiger charge is -2.08. The van der Waals surface area contributed by atoms with E-state index in [0.717, 1.165) is 32.9 Å². The molecule has 0 aliphatic carbocycles. The molecule has 0 atom stereocenters. The zero-order valence-corrected chi connectivity index (χ0v) is 16.4. The van der Waals surface area contributed by atoms with Crippen LogP contribution in [0.2, 0.25) is 0 Å². The molecule has 3 heteroatoms. The third kappa shape index (κ3) is 2.71. The molecule has 0 fully saturated rings. The summed E-state index contributed by atoms with van der Waals surface area (Å²) in [5.41, 5.74) is 4.19. The van der Waals surface area contributed by atoms with Crippen LogP contribution in [0.25, 0.3) is 53.7 Å². The highest BCUT2D eigenvalue weighted by Crippen LogP contribution is 2.39. The van der Waals surface area contributed by atoms with Crippen molar-refractivity contribution >= 4 is 42.4 Å². The zero-order chi connectivity index (χ0) is 19.2. The molecule has 0 radical (unpaired) electrons. The molecular weight excluding hydrogens is 372 g/mol. The third-order valence-corrected chi connectivity index (χ3v) is 6.44. The molecule has 0 N–H and O–H groups in total. The van der Waals surface area contributed by atoms with Crippen LogP contribution in [0, 0.1) is 0 Å². The fourth-order valence-electron chi connectivity index (χ4n) is 3.84. The zero-order valence-electron chi connectivity index (χ0n) is 15.5. The van der Waals surface area contributed by atoms with Crippen LogP contribution in [-0.4, -0.2) is 9.97 Å². The Morgan fingerprint density at radius 3 is 2.24 bits per heavy atom. The van der Waals surface area contributed by atoms with Crippen LogP contribution in [0.3, 0.4) is 0 Å². The van der Waals surface area contributed by atoms with E-state index in [4.69, 9.17) is 9.97 Å². The highest BCUT2D eigenvalue weighted by Gasteiger charge is 2.16. The largest absolute Gasteiger partial charge is 0.226 e. The molecule has 29 heavy (non-hydrogen) atoms. The van der Waals surface area contributed by atoms with Crippen molar-refractivity contribution in [3.8, 4) is 22.6 Å². The summed E-state index contributed by atoms with van der Waals surface area (Å²) >= 11 is 1.76. The van der Waals surface area contributed by atoms with Crippen molar-refractivity contribution in [2.45, 2.75) is 0 Å². The second-order valence-corrected chi connectivity index (χ2v) is 8.15. The standard InChI is InChI=1S/C26H16N2S/c1-2-9-18(10-3-1)23-25-24(21-12-6-7-13-22(21)29-25)28-26(27-23)20-15-14-17-8-4-5-11-19(17)16-20/h1-16H. The summed E-state index contributed by atoms with van der Waals surface area (Å²) < 4.78 is 2.38. The van der Waals surface area contributed by atoms with Crippen LogP contribution in [-0.2, 0) is 0 Å². The van der Waals surface area contributed by atoms with Gasteiger partial charge in [0.05, 0.1) is 15.9 Å². The third-order valence-electron chi connectivity index (χ3n) is 5.27. The molecule has 2 heterocycles. The van der Waals surface area contributed by atoms with Crippen LogP contribution >= 0.6 is 11.3 Å². The number of thiophene rings is 1. The first-order valence-electron chi connectivity index (χ1n) is 9.61. The van der Waals surface area contributed by atoms with E-state index < -0.39 is 0 Å². The molecule has 6 aromatic rings. The van der Waals surface area contributed by atoms with Crippen LogP contribution in [0.1, 0.15) is 0 Å². The molecule has 6 rings (SSSR count). The summed E-state index contributed by atoms with van der Waals surface area (Å²) in [6.45, 7) is 0. The fraction of sp³-hybridized carbons (Fsp3) is 0. The highest BCUT2D eigenvalue weighted by molar-refractivity contribution is 7.26. The molecule has 0 bridgehead atoms. The molecule has 0 saturated heterocycles. The summed E-state index contributed by atoms with van der Waals surface area (Å²) in [7, 11) is 0. The van der Waals surface area contributed by atoms with Crippen LogP contribution in [0.15, 0.2) is 97.1 Å². The van der Waals surface area contributed by atoms with E-state index >= 15 is 0 Å². The van der Waals surface area contributed by atoms with E-state index in [-0.39, 0.29) is 0 Å². The van der Waals surface area contributed by atoms with Gasteiger partial charge in [-0.15, -0.1) is 11.3 Å². The van der Waals surface area contributed by atoms with Crippen LogP contribution in [0.5, 0.6) is 0 Å². The molecule has 136 valence electrons. The minimum atomic E-state index is 0.769. The van der Waals surface area contributed by atoms with E-state index in [9.17, 15) is 0 Å². The predicted molar refractivity (Wildman–Crippen MR) is 123 cm³/mol. The van der Waals surface area contributed by atoms with Gasteiger partial charge in [-0.05, 0) is 22.9 Å². The van der Waals surface area contributed by atoms with Crippen molar-refractivity contribution < 1.29 is 0 Å². The average Bonchev–Trinajstić information content (AvgIpc) is 3.17. The lowest BCUT2D eigenvalue weighted by molar-refractivity contribution is 1.24. The normalized spacial score (nSPS) is 11.4. The molecule has 0 saturated carbocycles. The van der Waals surface area contributed by atoms with E-state index in [1.165, 1.54) is 20.9 Å². The number of hydrogen-bond acceptors (Lipinski definition) is 3. The Hall–Kier alpha value is -3.56. The van der Waals surface area contributed by atoms with Crippen molar-refractivity contribution in [3.05, 3.63) is 97.1 Å². The van der Waals surface area contributed by atoms with Gasteiger partial charge in [0, 0.05) is 21.2 Å². The number of fused-ring (bicyclic) bond motifs is 4. The first-order chi connectivity index (χ1) is 14.4. The van der Waals surface area contributed by atoms with Gasteiger partial charge in [-0.2, -0.15) is 0 Å². The summed E-state index contributed by atoms with van der Waals surface area (Å²) in [4.78, 5) is 10.1. The lowest BCUT2D eigenvalue weighted by Crippen LogP contribution is -1.93. The Morgan fingerprint density at radius 1 is 0.586 bits per heavy atom. The first-order valence-corrected chi connectivity index (χ1v) is 10.4. The maximum absolute atomic E-state index is 5.04. The summed E-state index contributed by atoms with van der Waals surface area (Å²) in [6.07, 6.45) is 0. The van der Waals surface area contributed by atoms with Crippen molar-refractivity contribution in [2.75, 3.05) is 0 Å². The molecule has 0 aliphatic rings. The maximum atomic E-state index is 5.04. The summed E-state index contributed by atoms with van der Waals surface area (Å²) in [6, 6.07) is 33.7. The fourth-order valence-corrected chi connectivity index (χ4v) is 4.99. The molecule has 0 amide bonds. The van der Waals surface area contributed by atoms with Crippen LogP contribution < -0.4 is 0 Å². The van der Waals surface area contributed by atoms with Crippen molar-refractivity contribution in [1.82, 2.24) is 9.97 Å². The van der Waals surface area contributed by atoms with Gasteiger partial charge in [-0.25, -0.2) is 9.97 Å². The van der Waals surface area contributed by atoms with Gasteiger partial charge < -0.3 is 0 Å². The van der Waals surface area contributed by atoms with Crippen molar-refractivity contribution in [3.63, 3.8) is 0 Å². The van der Waals surface area contributed by atoms with E-state index in [1.807, 2.05) is 6.07 Å². The second-order valence-electron chi connectivity index (χ2n) is 7.10. The quantitative estimate of drug-likeness (QED) is 0.310. The Morgan fingerprint density at radius 2 is 1.34 bits per heavy atom. The molecule has 0 unspecified atom stereocenters. The van der Waals surface area contributed by atoms with Gasteiger partial charge in [0.15, 0.2) is 5.82 Å². The molecule has 2 nitrogen and oxygen atoms in total. The van der Waals surface area contributed by atoms with E-state index in [2.05, 4.69) is 91.0 Å². The predicted octanol–water partition coefficient (Wildman–Crippen LogP) is 7.33. The SMILES string of the molecule is c1ccc(-c2nc(-c3ccc4ccccc4c3)nc3c2sc2ccccc23)cc1. The molecule has 0 aliphatic heterocycles. The number of benzene rings is 4. The number of nitrogens with zero attached hydrogens (tertiary/aromatic N) is 2. The Balaban J connectivity index is 1.69. The lowest BCUT2D eigenvalue weighted by atomic mass is 10.1. The number of aromatic nitrogens is 2. The smallest absolute Gasteiger partial charge is 0.160 e. The number of rotatable bonds is 2. The van der Waals surface area contributed by atoms with Gasteiger partial charge >= 0.3 is 0 Å². The van der Waals surface area contributed by atoms with Gasteiger partial charge in [0.2, 0.25) is 0 Å². The van der Waals surface area contributed by atoms with Gasteiger partial charge in [-0.3, -0.25) is 0 Å². The van der Waals surface area contributed by atoms with E-state index in [1.54, 1.807) is 11.3 Å². The summed E-state index contributed by atoms with van der Waals surface area (Å²) in [5.74, 6) is 0.769. The molecule has 0 spiro atoms. The Bertz CT molecular complexity index is 1500. The Labute approximate surface area is 172 Å². The topological polar surface area (TPSA) is 25.8 Å². The highest BCUT2D eigenvalue weighted by atomic mass is 32.1. The first kappa shape index (κ1) is 16.4. The average molecular weight is 388 g/mol. The summed E-state index contributed by atoms with van der Waals surface area (Å²) in [5, 5.41) is 3.61.